The second-order valence-corrected chi connectivity index (χ2v) is 15.2. The molecule has 0 atom stereocenters. The molecule has 0 saturated carbocycles. The maximum atomic E-state index is 6.75. The molecule has 6 nitrogen and oxygen atoms in total. The molecular weight excluding hydrogens is 725 g/mol. The monoisotopic (exact) mass is 754 g/mol. The van der Waals surface area contributed by atoms with Crippen molar-refractivity contribution in [3.8, 4) is 39.9 Å². The van der Waals surface area contributed by atoms with Crippen molar-refractivity contribution in [2.45, 2.75) is 0 Å². The van der Waals surface area contributed by atoms with E-state index in [1.54, 1.807) is 0 Å². The maximum absolute atomic E-state index is 6.75. The first-order chi connectivity index (χ1) is 29.2. The van der Waals surface area contributed by atoms with E-state index in [1.165, 1.54) is 21.5 Å². The summed E-state index contributed by atoms with van der Waals surface area (Å²) in [6.07, 6.45) is 0. The molecule has 0 amide bonds. The molecular formula is C53H30N4O2. The van der Waals surface area contributed by atoms with Crippen LogP contribution in [0.5, 0.6) is 0 Å². The number of fused-ring (bicyclic) bond motifs is 12. The zero-order chi connectivity index (χ0) is 38.6. The highest BCUT2D eigenvalue weighted by Crippen LogP contribution is 2.43. The van der Waals surface area contributed by atoms with Gasteiger partial charge in [0.2, 0.25) is 0 Å². The first-order valence-corrected chi connectivity index (χ1v) is 19.8. The minimum atomic E-state index is 0.544. The van der Waals surface area contributed by atoms with Crippen LogP contribution in [0.3, 0.4) is 0 Å². The molecule has 13 rings (SSSR count). The van der Waals surface area contributed by atoms with Crippen LogP contribution in [0.15, 0.2) is 191 Å². The molecule has 0 unspecified atom stereocenters. The topological polar surface area (TPSA) is 69.9 Å². The summed E-state index contributed by atoms with van der Waals surface area (Å²) in [7, 11) is 0. The summed E-state index contributed by atoms with van der Waals surface area (Å²) in [6.45, 7) is 0. The fraction of sp³-hybridized carbons (Fsp3) is 0. The molecule has 59 heavy (non-hydrogen) atoms. The van der Waals surface area contributed by atoms with Crippen LogP contribution < -0.4 is 0 Å². The van der Waals surface area contributed by atoms with Crippen LogP contribution in [-0.4, -0.2) is 19.5 Å². The van der Waals surface area contributed by atoms with Crippen LogP contribution in [0, 0.1) is 0 Å². The van der Waals surface area contributed by atoms with Gasteiger partial charge >= 0.3 is 0 Å². The molecule has 4 heterocycles. The van der Waals surface area contributed by atoms with E-state index in [0.29, 0.717) is 17.5 Å². The van der Waals surface area contributed by atoms with Crippen LogP contribution >= 0.6 is 0 Å². The number of benzene rings is 9. The Morgan fingerprint density at radius 3 is 1.83 bits per heavy atom. The van der Waals surface area contributed by atoms with Gasteiger partial charge in [-0.05, 0) is 65.4 Å². The normalized spacial score (nSPS) is 12.1. The highest BCUT2D eigenvalue weighted by atomic mass is 16.3. The van der Waals surface area contributed by atoms with Crippen LogP contribution in [0.1, 0.15) is 0 Å². The number of para-hydroxylation sites is 3. The fourth-order valence-electron chi connectivity index (χ4n) is 9.08. The molecule has 0 N–H and O–H groups in total. The molecule has 0 spiro atoms. The maximum Gasteiger partial charge on any atom is 0.167 e. The average molecular weight is 755 g/mol. The zero-order valence-electron chi connectivity index (χ0n) is 31.4. The van der Waals surface area contributed by atoms with Gasteiger partial charge < -0.3 is 13.4 Å². The molecule has 0 aliphatic heterocycles. The second kappa shape index (κ2) is 12.2. The summed E-state index contributed by atoms with van der Waals surface area (Å²) >= 11 is 0. The lowest BCUT2D eigenvalue weighted by Crippen LogP contribution is -2.00. The molecule has 274 valence electrons. The summed E-state index contributed by atoms with van der Waals surface area (Å²) in [5.41, 5.74) is 9.19. The zero-order valence-corrected chi connectivity index (χ0v) is 31.4. The minimum Gasteiger partial charge on any atom is -0.455 e. The van der Waals surface area contributed by atoms with E-state index in [2.05, 4.69) is 114 Å². The molecule has 9 aromatic carbocycles. The summed E-state index contributed by atoms with van der Waals surface area (Å²) in [5, 5.41) is 11.1. The summed E-state index contributed by atoms with van der Waals surface area (Å²) in [6, 6.07) is 63.4. The summed E-state index contributed by atoms with van der Waals surface area (Å²) < 4.78 is 15.6. The lowest BCUT2D eigenvalue weighted by Gasteiger charge is -2.13. The summed E-state index contributed by atoms with van der Waals surface area (Å²) in [5.74, 6) is 1.69. The van der Waals surface area contributed by atoms with Crippen molar-refractivity contribution in [3.63, 3.8) is 0 Å². The van der Waals surface area contributed by atoms with Crippen molar-refractivity contribution in [2.24, 2.45) is 0 Å². The van der Waals surface area contributed by atoms with Gasteiger partial charge in [-0.25, -0.2) is 15.0 Å². The van der Waals surface area contributed by atoms with E-state index in [1.807, 2.05) is 72.8 Å². The molecule has 0 fully saturated rings. The van der Waals surface area contributed by atoms with Gasteiger partial charge in [-0.3, -0.25) is 0 Å². The van der Waals surface area contributed by atoms with Crippen molar-refractivity contribution in [3.05, 3.63) is 182 Å². The van der Waals surface area contributed by atoms with Crippen molar-refractivity contribution < 1.29 is 8.83 Å². The van der Waals surface area contributed by atoms with E-state index in [-0.39, 0.29) is 0 Å². The van der Waals surface area contributed by atoms with Crippen LogP contribution in [0.4, 0.5) is 0 Å². The van der Waals surface area contributed by atoms with Crippen molar-refractivity contribution >= 4 is 87.2 Å². The first kappa shape index (κ1) is 32.0. The number of hydrogen-bond acceptors (Lipinski definition) is 5. The Kier molecular flexibility index (Phi) is 6.63. The second-order valence-electron chi connectivity index (χ2n) is 15.2. The number of hydrogen-bond donors (Lipinski definition) is 0. The van der Waals surface area contributed by atoms with Crippen LogP contribution in [0.2, 0.25) is 0 Å². The standard InChI is InChI=1S/C53H30N4O2/c1-2-13-31(14-3-1)51-54-52(56-53(55-51)40-22-12-21-39-37-19-9-11-24-47(37)58-49(39)40)34-25-26-48-42(28-34)43-30-46(35-17-6-7-20-38(35)50(43)59-48)57-44-23-10-8-18-36(44)41-27-32-15-4-5-16-33(32)29-45(41)57/h1-30H. The van der Waals surface area contributed by atoms with Gasteiger partial charge in [0.05, 0.1) is 22.3 Å². The van der Waals surface area contributed by atoms with E-state index in [0.717, 1.165) is 88.1 Å². The number of aromatic nitrogens is 4. The van der Waals surface area contributed by atoms with Crippen LogP contribution in [0.25, 0.3) is 127 Å². The van der Waals surface area contributed by atoms with Gasteiger partial charge in [-0.2, -0.15) is 0 Å². The highest BCUT2D eigenvalue weighted by molar-refractivity contribution is 6.20. The molecule has 0 saturated heterocycles. The van der Waals surface area contributed by atoms with Crippen molar-refractivity contribution in [1.82, 2.24) is 19.5 Å². The molecule has 0 bridgehead atoms. The Labute approximate surface area is 336 Å². The van der Waals surface area contributed by atoms with E-state index < -0.39 is 0 Å². The quantitative estimate of drug-likeness (QED) is 0.179. The highest BCUT2D eigenvalue weighted by Gasteiger charge is 2.21. The van der Waals surface area contributed by atoms with Crippen LogP contribution in [-0.2, 0) is 0 Å². The van der Waals surface area contributed by atoms with Gasteiger partial charge in [0.25, 0.3) is 0 Å². The molecule has 0 radical (unpaired) electrons. The molecule has 4 aromatic heterocycles. The van der Waals surface area contributed by atoms with E-state index in [9.17, 15) is 0 Å². The number of furan rings is 2. The largest absolute Gasteiger partial charge is 0.455 e. The van der Waals surface area contributed by atoms with Gasteiger partial charge in [0.15, 0.2) is 17.5 Å². The predicted octanol–water partition coefficient (Wildman–Crippen LogP) is 14.1. The Morgan fingerprint density at radius 1 is 0.339 bits per heavy atom. The lowest BCUT2D eigenvalue weighted by atomic mass is 10.0. The number of rotatable bonds is 4. The van der Waals surface area contributed by atoms with Gasteiger partial charge in [-0.1, -0.05) is 127 Å². The smallest absolute Gasteiger partial charge is 0.167 e. The molecule has 6 heteroatoms. The molecule has 0 aliphatic rings. The van der Waals surface area contributed by atoms with Crippen molar-refractivity contribution in [2.75, 3.05) is 0 Å². The van der Waals surface area contributed by atoms with Gasteiger partial charge in [0.1, 0.15) is 22.3 Å². The Hall–Kier alpha value is -8.09. The predicted molar refractivity (Wildman–Crippen MR) is 240 cm³/mol. The number of nitrogens with zero attached hydrogens (tertiary/aromatic N) is 4. The lowest BCUT2D eigenvalue weighted by molar-refractivity contribution is 0.669. The summed E-state index contributed by atoms with van der Waals surface area (Å²) in [4.78, 5) is 15.3. The third-order valence-corrected chi connectivity index (χ3v) is 11.8. The third kappa shape index (κ3) is 4.77. The van der Waals surface area contributed by atoms with E-state index in [4.69, 9.17) is 23.8 Å². The fourth-order valence-corrected chi connectivity index (χ4v) is 9.08. The average Bonchev–Trinajstić information content (AvgIpc) is 3.97. The van der Waals surface area contributed by atoms with E-state index >= 15 is 0 Å². The van der Waals surface area contributed by atoms with Crippen molar-refractivity contribution in [1.29, 1.82) is 0 Å². The minimum absolute atomic E-state index is 0.544. The SMILES string of the molecule is c1ccc(-c2nc(-c3ccc4oc5c6ccccc6c(-n6c7ccccc7c7cc8ccccc8cc76)cc5c4c3)nc(-c3cccc4c3oc3ccccc34)n2)cc1. The Morgan fingerprint density at radius 2 is 0.966 bits per heavy atom. The third-order valence-electron chi connectivity index (χ3n) is 11.8. The molecule has 0 aliphatic carbocycles. The molecule has 13 aromatic rings. The van der Waals surface area contributed by atoms with Gasteiger partial charge in [-0.15, -0.1) is 0 Å². The Bertz CT molecular complexity index is 3860. The Balaban J connectivity index is 1.06. The first-order valence-electron chi connectivity index (χ1n) is 19.8. The van der Waals surface area contributed by atoms with Gasteiger partial charge in [0, 0.05) is 54.2 Å².